The van der Waals surface area contributed by atoms with Crippen molar-refractivity contribution in [2.24, 2.45) is 0 Å². The smallest absolute Gasteiger partial charge is 0.389 e. The molecule has 1 aliphatic rings. The molecule has 8 heteroatoms. The molecule has 1 fully saturated rings. The fraction of sp³-hybridized carbons (Fsp3) is 0.923. The van der Waals surface area contributed by atoms with E-state index in [9.17, 15) is 23.1 Å². The molecule has 1 aliphatic heterocycles. The number of rotatable bonds is 6. The van der Waals surface area contributed by atoms with Gasteiger partial charge < -0.3 is 15.3 Å². The van der Waals surface area contributed by atoms with Crippen molar-refractivity contribution in [1.82, 2.24) is 15.1 Å². The van der Waals surface area contributed by atoms with E-state index in [1.807, 2.05) is 0 Å². The Labute approximate surface area is 123 Å². The standard InChI is InChI=1S/C13H24F3N3O2/c1-12(2,21)10-18-5-7-19(8-6-18)11(20)3-4-17-9-13(14,15)16/h17,21H,3-10H2,1-2H3. The molecule has 21 heavy (non-hydrogen) atoms. The van der Waals surface area contributed by atoms with Gasteiger partial charge in [0.25, 0.3) is 0 Å². The van der Waals surface area contributed by atoms with Gasteiger partial charge in [0.2, 0.25) is 5.91 Å². The fourth-order valence-corrected chi connectivity index (χ4v) is 2.29. The maximum absolute atomic E-state index is 11.9. The maximum atomic E-state index is 11.9. The second kappa shape index (κ2) is 7.42. The molecule has 0 aromatic rings. The average Bonchev–Trinajstić information content (AvgIpc) is 2.32. The number of hydrogen-bond acceptors (Lipinski definition) is 4. The van der Waals surface area contributed by atoms with E-state index >= 15 is 0 Å². The highest BCUT2D eigenvalue weighted by molar-refractivity contribution is 5.76. The summed E-state index contributed by atoms with van der Waals surface area (Å²) in [6.07, 6.45) is -4.17. The summed E-state index contributed by atoms with van der Waals surface area (Å²) in [6.45, 7) is 5.41. The Kier molecular flexibility index (Phi) is 6.42. The van der Waals surface area contributed by atoms with E-state index in [4.69, 9.17) is 0 Å². The third-order valence-corrected chi connectivity index (χ3v) is 3.18. The van der Waals surface area contributed by atoms with Crippen molar-refractivity contribution in [2.75, 3.05) is 45.8 Å². The second-order valence-electron chi connectivity index (χ2n) is 6.01. The third-order valence-electron chi connectivity index (χ3n) is 3.18. The second-order valence-corrected chi connectivity index (χ2v) is 6.01. The number of halogens is 3. The maximum Gasteiger partial charge on any atom is 0.401 e. The van der Waals surface area contributed by atoms with Gasteiger partial charge in [0, 0.05) is 45.7 Å². The number of hydrogen-bond donors (Lipinski definition) is 2. The van der Waals surface area contributed by atoms with Crippen LogP contribution in [0, 0.1) is 0 Å². The monoisotopic (exact) mass is 311 g/mol. The first kappa shape index (κ1) is 18.2. The van der Waals surface area contributed by atoms with E-state index < -0.39 is 18.3 Å². The summed E-state index contributed by atoms with van der Waals surface area (Å²) in [5.74, 6) is -0.132. The van der Waals surface area contributed by atoms with Crippen LogP contribution in [0.1, 0.15) is 20.3 Å². The molecule has 0 bridgehead atoms. The first-order valence-electron chi connectivity index (χ1n) is 7.07. The number of nitrogens with one attached hydrogen (secondary N) is 1. The van der Waals surface area contributed by atoms with Crippen LogP contribution < -0.4 is 5.32 Å². The summed E-state index contributed by atoms with van der Waals surface area (Å²) >= 11 is 0. The Morgan fingerprint density at radius 3 is 2.24 bits per heavy atom. The molecular formula is C13H24F3N3O2. The van der Waals surface area contributed by atoms with Crippen LogP contribution in [0.15, 0.2) is 0 Å². The van der Waals surface area contributed by atoms with E-state index in [0.717, 1.165) is 0 Å². The first-order chi connectivity index (χ1) is 9.57. The van der Waals surface area contributed by atoms with Crippen LogP contribution in [-0.4, -0.2) is 78.4 Å². The molecule has 1 saturated heterocycles. The molecule has 0 unspecified atom stereocenters. The van der Waals surface area contributed by atoms with Crippen molar-refractivity contribution >= 4 is 5.91 Å². The zero-order valence-corrected chi connectivity index (χ0v) is 12.5. The fourth-order valence-electron chi connectivity index (χ4n) is 2.29. The van der Waals surface area contributed by atoms with Gasteiger partial charge in [-0.25, -0.2) is 0 Å². The number of β-amino-alcohol motifs (C(OH)–C–C–N with tert-alkyl or cyclic N) is 1. The molecule has 124 valence electrons. The minimum atomic E-state index is -4.24. The predicted octanol–water partition coefficient (Wildman–Crippen LogP) is 0.443. The van der Waals surface area contributed by atoms with Gasteiger partial charge in [-0.1, -0.05) is 0 Å². The van der Waals surface area contributed by atoms with Gasteiger partial charge in [-0.2, -0.15) is 13.2 Å². The minimum absolute atomic E-state index is 0.0300. The number of amides is 1. The summed E-state index contributed by atoms with van der Waals surface area (Å²) in [5.41, 5.74) is -0.770. The number of nitrogens with zero attached hydrogens (tertiary/aromatic N) is 2. The van der Waals surface area contributed by atoms with Crippen molar-refractivity contribution < 1.29 is 23.1 Å². The van der Waals surface area contributed by atoms with Gasteiger partial charge in [-0.15, -0.1) is 0 Å². The van der Waals surface area contributed by atoms with Gasteiger partial charge in [0.15, 0.2) is 0 Å². The van der Waals surface area contributed by atoms with Crippen LogP contribution >= 0.6 is 0 Å². The number of carbonyl (C=O) groups excluding carboxylic acids is 1. The molecular weight excluding hydrogens is 287 g/mol. The average molecular weight is 311 g/mol. The molecule has 0 aromatic heterocycles. The molecule has 1 heterocycles. The largest absolute Gasteiger partial charge is 0.401 e. The molecule has 0 atom stereocenters. The Balaban J connectivity index is 2.20. The quantitative estimate of drug-likeness (QED) is 0.699. The van der Waals surface area contributed by atoms with Crippen molar-refractivity contribution in [1.29, 1.82) is 0 Å². The molecule has 0 radical (unpaired) electrons. The third kappa shape index (κ3) is 8.23. The van der Waals surface area contributed by atoms with Gasteiger partial charge in [0.05, 0.1) is 12.1 Å². The molecule has 1 rings (SSSR count). The first-order valence-corrected chi connectivity index (χ1v) is 7.07. The lowest BCUT2D eigenvalue weighted by atomic mass is 10.1. The van der Waals surface area contributed by atoms with Crippen LogP contribution in [0.3, 0.4) is 0 Å². The zero-order chi connectivity index (χ0) is 16.1. The van der Waals surface area contributed by atoms with Crippen molar-refractivity contribution in [3.05, 3.63) is 0 Å². The normalized spacial score (nSPS) is 18.1. The van der Waals surface area contributed by atoms with Gasteiger partial charge in [-0.3, -0.25) is 9.69 Å². The van der Waals surface area contributed by atoms with Crippen LogP contribution in [-0.2, 0) is 4.79 Å². The molecule has 0 aromatic carbocycles. The predicted molar refractivity (Wildman–Crippen MR) is 72.9 cm³/mol. The highest BCUT2D eigenvalue weighted by Gasteiger charge is 2.27. The van der Waals surface area contributed by atoms with Crippen LogP contribution in [0.5, 0.6) is 0 Å². The van der Waals surface area contributed by atoms with E-state index in [2.05, 4.69) is 10.2 Å². The molecule has 2 N–H and O–H groups in total. The van der Waals surface area contributed by atoms with Gasteiger partial charge >= 0.3 is 6.18 Å². The van der Waals surface area contributed by atoms with E-state index in [-0.39, 0.29) is 18.9 Å². The van der Waals surface area contributed by atoms with Crippen LogP contribution in [0.2, 0.25) is 0 Å². The molecule has 1 amide bonds. The minimum Gasteiger partial charge on any atom is -0.389 e. The van der Waals surface area contributed by atoms with E-state index in [0.29, 0.717) is 32.7 Å². The lowest BCUT2D eigenvalue weighted by Crippen LogP contribution is -2.52. The zero-order valence-electron chi connectivity index (χ0n) is 12.5. The molecule has 0 spiro atoms. The summed E-state index contributed by atoms with van der Waals surface area (Å²) in [6, 6.07) is 0. The summed E-state index contributed by atoms with van der Waals surface area (Å²) in [5, 5.41) is 12.0. The van der Waals surface area contributed by atoms with E-state index in [1.165, 1.54) is 0 Å². The highest BCUT2D eigenvalue weighted by Crippen LogP contribution is 2.12. The lowest BCUT2D eigenvalue weighted by molar-refractivity contribution is -0.134. The SMILES string of the molecule is CC(C)(O)CN1CCN(C(=O)CCNCC(F)(F)F)CC1. The summed E-state index contributed by atoms with van der Waals surface area (Å²) in [7, 11) is 0. The Morgan fingerprint density at radius 2 is 1.76 bits per heavy atom. The number of alkyl halides is 3. The van der Waals surface area contributed by atoms with Crippen LogP contribution in [0.4, 0.5) is 13.2 Å². The van der Waals surface area contributed by atoms with Crippen molar-refractivity contribution in [3.63, 3.8) is 0 Å². The Morgan fingerprint density at radius 1 is 1.19 bits per heavy atom. The number of aliphatic hydroxyl groups is 1. The van der Waals surface area contributed by atoms with Gasteiger partial charge in [0.1, 0.15) is 0 Å². The van der Waals surface area contributed by atoms with E-state index in [1.54, 1.807) is 18.7 Å². The Bertz CT molecular complexity index is 335. The lowest BCUT2D eigenvalue weighted by Gasteiger charge is -2.37. The van der Waals surface area contributed by atoms with Gasteiger partial charge in [-0.05, 0) is 13.8 Å². The molecule has 5 nitrogen and oxygen atoms in total. The number of carbonyl (C=O) groups is 1. The topological polar surface area (TPSA) is 55.8 Å². The summed E-state index contributed by atoms with van der Waals surface area (Å²) in [4.78, 5) is 15.6. The van der Waals surface area contributed by atoms with Crippen LogP contribution in [0.25, 0.3) is 0 Å². The molecule has 0 aliphatic carbocycles. The van der Waals surface area contributed by atoms with Crippen molar-refractivity contribution in [3.8, 4) is 0 Å². The Hall–Kier alpha value is -0.860. The summed E-state index contributed by atoms with van der Waals surface area (Å²) < 4.78 is 35.8. The highest BCUT2D eigenvalue weighted by atomic mass is 19.4. The van der Waals surface area contributed by atoms with Crippen molar-refractivity contribution in [2.45, 2.75) is 32.0 Å². The molecule has 0 saturated carbocycles. The number of piperazine rings is 1.